The van der Waals surface area contributed by atoms with Crippen molar-refractivity contribution in [1.82, 2.24) is 10.2 Å². The molecule has 1 aromatic rings. The molecule has 4 heteroatoms. The molecule has 1 unspecified atom stereocenters. The van der Waals surface area contributed by atoms with Crippen molar-refractivity contribution in [2.24, 2.45) is 5.92 Å². The van der Waals surface area contributed by atoms with Gasteiger partial charge in [-0.2, -0.15) is 0 Å². The molecular weight excluding hydrogens is 394 g/mol. The van der Waals surface area contributed by atoms with E-state index in [1.165, 1.54) is 22.4 Å². The van der Waals surface area contributed by atoms with Crippen LogP contribution in [0.2, 0.25) is 0 Å². The predicted molar refractivity (Wildman–Crippen MR) is 140 cm³/mol. The monoisotopic (exact) mass is 441 g/mol. The molecule has 0 aliphatic carbocycles. The summed E-state index contributed by atoms with van der Waals surface area (Å²) in [5.41, 5.74) is 4.62. The Morgan fingerprint density at radius 2 is 1.53 bits per heavy atom. The Labute approximate surface area is 197 Å². The van der Waals surface area contributed by atoms with Gasteiger partial charge < -0.3 is 10.2 Å². The molecule has 0 heterocycles. The fourth-order valence-corrected chi connectivity index (χ4v) is 3.63. The molecule has 0 saturated carbocycles. The molecule has 0 aliphatic heterocycles. The summed E-state index contributed by atoms with van der Waals surface area (Å²) in [7, 11) is 2.05. The van der Waals surface area contributed by atoms with Crippen molar-refractivity contribution in [3.05, 3.63) is 53.1 Å². The molecule has 32 heavy (non-hydrogen) atoms. The fraction of sp³-hybridized carbons (Fsp3) is 0.607. The normalized spacial score (nSPS) is 12.5. The number of nitrogens with zero attached hydrogens (tertiary/aromatic N) is 2. The van der Waals surface area contributed by atoms with E-state index in [0.717, 1.165) is 26.1 Å². The van der Waals surface area contributed by atoms with Crippen molar-refractivity contribution < 1.29 is 4.79 Å². The van der Waals surface area contributed by atoms with Crippen LogP contribution in [0, 0.1) is 12.8 Å². The lowest BCUT2D eigenvalue weighted by Gasteiger charge is -2.37. The maximum atomic E-state index is 13.4. The largest absolute Gasteiger partial charge is 0.365 e. The van der Waals surface area contributed by atoms with E-state index in [0.29, 0.717) is 5.92 Å². The van der Waals surface area contributed by atoms with Gasteiger partial charge in [0.05, 0.1) is 11.6 Å². The molecule has 1 aromatic carbocycles. The number of hydrogen-bond acceptors (Lipinski definition) is 3. The van der Waals surface area contributed by atoms with E-state index >= 15 is 0 Å². The van der Waals surface area contributed by atoms with Crippen LogP contribution in [-0.4, -0.2) is 49.1 Å². The Morgan fingerprint density at radius 3 is 2.03 bits per heavy atom. The summed E-state index contributed by atoms with van der Waals surface area (Å²) in [6.07, 6.45) is 5.27. The number of carbonyl (C=O) groups is 1. The van der Waals surface area contributed by atoms with E-state index in [1.54, 1.807) is 0 Å². The molecule has 0 fully saturated rings. The quantitative estimate of drug-likeness (QED) is 0.406. The summed E-state index contributed by atoms with van der Waals surface area (Å²) in [4.78, 5) is 17.9. The first kappa shape index (κ1) is 28.0. The van der Waals surface area contributed by atoms with E-state index in [4.69, 9.17) is 0 Å². The van der Waals surface area contributed by atoms with Crippen LogP contribution in [0.4, 0.5) is 5.69 Å². The van der Waals surface area contributed by atoms with Crippen LogP contribution < -0.4 is 10.2 Å². The Balaban J connectivity index is 3.02. The lowest BCUT2D eigenvalue weighted by molar-refractivity contribution is -0.128. The number of allylic oxidation sites excluding steroid dienone is 2. The number of aryl methyl sites for hydroxylation is 1. The van der Waals surface area contributed by atoms with E-state index < -0.39 is 0 Å². The molecule has 180 valence electrons. The Hall–Kier alpha value is -2.07. The van der Waals surface area contributed by atoms with Crippen LogP contribution in [0.1, 0.15) is 67.4 Å². The molecule has 0 spiro atoms. The molecule has 1 atom stereocenters. The number of amides is 1. The molecular formula is C28H47N3O. The third-order valence-corrected chi connectivity index (χ3v) is 5.48. The Bertz CT molecular complexity index is 766. The molecule has 4 nitrogen and oxygen atoms in total. The molecule has 1 amide bonds. The Kier molecular flexibility index (Phi) is 11.2. The predicted octanol–water partition coefficient (Wildman–Crippen LogP) is 5.98. The number of anilines is 1. The number of carbonyl (C=O) groups excluding carboxylic acids is 1. The minimum absolute atomic E-state index is 0.111. The lowest BCUT2D eigenvalue weighted by Crippen LogP contribution is -2.57. The topological polar surface area (TPSA) is 35.6 Å². The van der Waals surface area contributed by atoms with Crippen molar-refractivity contribution in [3.63, 3.8) is 0 Å². The highest BCUT2D eigenvalue weighted by Crippen LogP contribution is 2.20. The van der Waals surface area contributed by atoms with Crippen LogP contribution >= 0.6 is 0 Å². The van der Waals surface area contributed by atoms with Gasteiger partial charge in [-0.1, -0.05) is 54.8 Å². The van der Waals surface area contributed by atoms with Crippen molar-refractivity contribution in [2.45, 2.75) is 80.3 Å². The molecule has 1 rings (SSSR count). The standard InChI is InChI=1S/C28H47N3O/c1-21(2)15-17-30(10)26(19-23(5)6)27(32)29-28(8,9)20-31(18-16-22(3)4)25-13-11-24(7)12-14-25/h11-16,23,26H,17-20H2,1-10H3,(H,29,32). The van der Waals surface area contributed by atoms with Crippen LogP contribution in [0.3, 0.4) is 0 Å². The number of likely N-dealkylation sites (N-methyl/N-ethyl adjacent to an activating group) is 1. The van der Waals surface area contributed by atoms with Crippen LogP contribution in [0.25, 0.3) is 0 Å². The van der Waals surface area contributed by atoms with Gasteiger partial charge in [0.1, 0.15) is 0 Å². The van der Waals surface area contributed by atoms with E-state index in [1.807, 2.05) is 7.05 Å². The summed E-state index contributed by atoms with van der Waals surface area (Å²) in [5.74, 6) is 0.559. The second-order valence-electron chi connectivity index (χ2n) is 10.7. The van der Waals surface area contributed by atoms with Gasteiger partial charge in [0, 0.05) is 25.3 Å². The second kappa shape index (κ2) is 12.8. The van der Waals surface area contributed by atoms with E-state index in [2.05, 4.69) is 114 Å². The highest BCUT2D eigenvalue weighted by Gasteiger charge is 2.30. The highest BCUT2D eigenvalue weighted by atomic mass is 16.2. The van der Waals surface area contributed by atoms with Crippen LogP contribution in [0.15, 0.2) is 47.6 Å². The third-order valence-electron chi connectivity index (χ3n) is 5.48. The van der Waals surface area contributed by atoms with Gasteiger partial charge in [0.15, 0.2) is 0 Å². The summed E-state index contributed by atoms with van der Waals surface area (Å²) in [6, 6.07) is 8.48. The minimum atomic E-state index is -0.371. The SMILES string of the molecule is CC(C)=CCN(CC(C)(C)NC(=O)C(CC(C)C)N(C)CC=C(C)C)c1ccc(C)cc1. The van der Waals surface area contributed by atoms with Crippen molar-refractivity contribution >= 4 is 11.6 Å². The number of hydrogen-bond donors (Lipinski definition) is 1. The summed E-state index contributed by atoms with van der Waals surface area (Å²) in [6.45, 7) is 21.5. The van der Waals surface area contributed by atoms with Crippen molar-refractivity contribution in [3.8, 4) is 0 Å². The molecule has 1 N–H and O–H groups in total. The molecule has 0 radical (unpaired) electrons. The second-order valence-corrected chi connectivity index (χ2v) is 10.7. The maximum absolute atomic E-state index is 13.4. The first-order chi connectivity index (χ1) is 14.8. The lowest BCUT2D eigenvalue weighted by atomic mass is 9.98. The van der Waals surface area contributed by atoms with Gasteiger partial charge in [0.25, 0.3) is 0 Å². The first-order valence-corrected chi connectivity index (χ1v) is 11.9. The number of benzene rings is 1. The summed E-state index contributed by atoms with van der Waals surface area (Å²) < 4.78 is 0. The van der Waals surface area contributed by atoms with Crippen LogP contribution in [-0.2, 0) is 4.79 Å². The average Bonchev–Trinajstić information content (AvgIpc) is 2.67. The zero-order chi connectivity index (χ0) is 24.5. The zero-order valence-electron chi connectivity index (χ0n) is 22.2. The van der Waals surface area contributed by atoms with E-state index in [9.17, 15) is 4.79 Å². The summed E-state index contributed by atoms with van der Waals surface area (Å²) in [5, 5.41) is 3.37. The van der Waals surface area contributed by atoms with Gasteiger partial charge in [-0.3, -0.25) is 9.69 Å². The number of rotatable bonds is 12. The van der Waals surface area contributed by atoms with E-state index in [-0.39, 0.29) is 17.5 Å². The van der Waals surface area contributed by atoms with Gasteiger partial charge in [-0.15, -0.1) is 0 Å². The van der Waals surface area contributed by atoms with Crippen molar-refractivity contribution in [2.75, 3.05) is 31.6 Å². The summed E-state index contributed by atoms with van der Waals surface area (Å²) >= 11 is 0. The smallest absolute Gasteiger partial charge is 0.237 e. The molecule has 0 aromatic heterocycles. The third kappa shape index (κ3) is 10.5. The Morgan fingerprint density at radius 1 is 1.00 bits per heavy atom. The van der Waals surface area contributed by atoms with Gasteiger partial charge >= 0.3 is 0 Å². The zero-order valence-corrected chi connectivity index (χ0v) is 22.2. The van der Waals surface area contributed by atoms with Crippen molar-refractivity contribution in [1.29, 1.82) is 0 Å². The molecule has 0 aliphatic rings. The van der Waals surface area contributed by atoms with Gasteiger partial charge in [0.2, 0.25) is 5.91 Å². The first-order valence-electron chi connectivity index (χ1n) is 11.9. The molecule has 0 bridgehead atoms. The molecule has 0 saturated heterocycles. The number of nitrogens with one attached hydrogen (secondary N) is 1. The van der Waals surface area contributed by atoms with Gasteiger partial charge in [-0.25, -0.2) is 0 Å². The minimum Gasteiger partial charge on any atom is -0.365 e. The maximum Gasteiger partial charge on any atom is 0.237 e. The average molecular weight is 442 g/mol. The van der Waals surface area contributed by atoms with Gasteiger partial charge in [-0.05, 0) is 80.0 Å². The highest BCUT2D eigenvalue weighted by molar-refractivity contribution is 5.82. The van der Waals surface area contributed by atoms with Crippen LogP contribution in [0.5, 0.6) is 0 Å². The fourth-order valence-electron chi connectivity index (χ4n) is 3.63.